The molecule has 0 aliphatic heterocycles. The molecule has 1 amide bonds. The second kappa shape index (κ2) is 8.79. The summed E-state index contributed by atoms with van der Waals surface area (Å²) in [6.07, 6.45) is -2.26. The van der Waals surface area contributed by atoms with Gasteiger partial charge in [0.2, 0.25) is 0 Å². The Morgan fingerprint density at radius 1 is 1.21 bits per heavy atom. The van der Waals surface area contributed by atoms with Crippen LogP contribution in [0.15, 0.2) is 30.5 Å². The predicted octanol–water partition coefficient (Wildman–Crippen LogP) is 5.18. The number of rotatable bonds is 6. The van der Waals surface area contributed by atoms with E-state index < -0.39 is 17.8 Å². The van der Waals surface area contributed by atoms with E-state index in [1.807, 2.05) is 19.9 Å². The highest BCUT2D eigenvalue weighted by molar-refractivity contribution is 7.15. The highest BCUT2D eigenvalue weighted by atomic mass is 35.5. The number of carbonyl (C=O) groups excluding carboxylic acids is 1. The number of amides is 1. The first kappa shape index (κ1) is 23.2. The van der Waals surface area contributed by atoms with E-state index in [4.69, 9.17) is 11.6 Å². The molecule has 33 heavy (non-hydrogen) atoms. The van der Waals surface area contributed by atoms with E-state index in [1.54, 1.807) is 16.9 Å². The van der Waals surface area contributed by atoms with Gasteiger partial charge in [-0.15, -0.1) is 11.3 Å². The van der Waals surface area contributed by atoms with Crippen molar-refractivity contribution in [2.45, 2.75) is 39.5 Å². The summed E-state index contributed by atoms with van der Waals surface area (Å²) in [5.74, 6) is -0.568. The van der Waals surface area contributed by atoms with E-state index >= 15 is 0 Å². The van der Waals surface area contributed by atoms with Gasteiger partial charge in [0.05, 0.1) is 22.1 Å². The lowest BCUT2D eigenvalue weighted by Crippen LogP contribution is -2.27. The van der Waals surface area contributed by atoms with Crippen LogP contribution >= 0.6 is 22.9 Å². The fourth-order valence-electron chi connectivity index (χ4n) is 3.31. The van der Waals surface area contributed by atoms with Gasteiger partial charge in [-0.1, -0.05) is 18.5 Å². The number of fused-ring (bicyclic) bond motifs is 1. The van der Waals surface area contributed by atoms with Gasteiger partial charge in [0.1, 0.15) is 5.69 Å². The summed E-state index contributed by atoms with van der Waals surface area (Å²) >= 11 is 7.55. The molecule has 0 radical (unpaired) electrons. The minimum Gasteiger partial charge on any atom is -0.334 e. The Kier molecular flexibility index (Phi) is 6.19. The standard InChI is InChI=1S/C21H20ClF3N6OS/c1-4-12-6-7-17(33-12)14-8-18(21(23,24)25)31-19(26-14)9-15(28-31)20(32)29(3)11-16-13(22)10-30(5-2)27-16/h6-10H,4-5,11H2,1-3H3. The average molecular weight is 497 g/mol. The second-order valence-electron chi connectivity index (χ2n) is 7.38. The Bertz CT molecular complexity index is 1330. The zero-order chi connectivity index (χ0) is 23.9. The van der Waals surface area contributed by atoms with Crippen LogP contribution in [0.25, 0.3) is 16.2 Å². The number of thiophene rings is 1. The van der Waals surface area contributed by atoms with Gasteiger partial charge >= 0.3 is 6.18 Å². The van der Waals surface area contributed by atoms with E-state index in [1.165, 1.54) is 29.4 Å². The summed E-state index contributed by atoms with van der Waals surface area (Å²) in [5.41, 5.74) is -0.543. The van der Waals surface area contributed by atoms with Crippen molar-refractivity contribution >= 4 is 34.5 Å². The molecule has 0 spiro atoms. The number of hydrogen-bond acceptors (Lipinski definition) is 5. The van der Waals surface area contributed by atoms with Crippen molar-refractivity contribution in [2.75, 3.05) is 7.05 Å². The molecular weight excluding hydrogens is 477 g/mol. The summed E-state index contributed by atoms with van der Waals surface area (Å²) in [5, 5.41) is 8.62. The van der Waals surface area contributed by atoms with Crippen molar-refractivity contribution < 1.29 is 18.0 Å². The monoisotopic (exact) mass is 496 g/mol. The smallest absolute Gasteiger partial charge is 0.334 e. The third-order valence-electron chi connectivity index (χ3n) is 5.04. The molecule has 0 N–H and O–H groups in total. The number of halogens is 4. The van der Waals surface area contributed by atoms with Gasteiger partial charge in [-0.2, -0.15) is 23.4 Å². The van der Waals surface area contributed by atoms with Gasteiger partial charge in [0, 0.05) is 30.7 Å². The molecule has 4 aromatic heterocycles. The Balaban J connectivity index is 1.71. The molecule has 0 aliphatic rings. The third kappa shape index (κ3) is 4.60. The lowest BCUT2D eigenvalue weighted by Gasteiger charge is -2.14. The Hall–Kier alpha value is -2.92. The van der Waals surface area contributed by atoms with Gasteiger partial charge in [0.25, 0.3) is 5.91 Å². The molecule has 4 aromatic rings. The molecule has 4 rings (SSSR count). The van der Waals surface area contributed by atoms with Crippen LogP contribution in [0, 0.1) is 0 Å². The van der Waals surface area contributed by atoms with Gasteiger partial charge in [-0.3, -0.25) is 9.48 Å². The molecule has 0 saturated carbocycles. The Morgan fingerprint density at radius 2 is 1.97 bits per heavy atom. The third-order valence-corrected chi connectivity index (χ3v) is 6.61. The van der Waals surface area contributed by atoms with Gasteiger partial charge in [0.15, 0.2) is 17.0 Å². The molecule has 0 aromatic carbocycles. The van der Waals surface area contributed by atoms with Crippen LogP contribution in [0.3, 0.4) is 0 Å². The van der Waals surface area contributed by atoms with Gasteiger partial charge in [-0.25, -0.2) is 9.50 Å². The summed E-state index contributed by atoms with van der Waals surface area (Å²) in [4.78, 5) is 20.2. The van der Waals surface area contributed by atoms with Gasteiger partial charge < -0.3 is 4.90 Å². The van der Waals surface area contributed by atoms with Crippen molar-refractivity contribution in [1.82, 2.24) is 29.3 Å². The van der Waals surface area contributed by atoms with Crippen LogP contribution in [0.2, 0.25) is 5.02 Å². The van der Waals surface area contributed by atoms with Crippen LogP contribution in [-0.2, 0) is 25.7 Å². The maximum atomic E-state index is 13.8. The van der Waals surface area contributed by atoms with E-state index in [0.29, 0.717) is 26.7 Å². The Labute approximate surface area is 196 Å². The zero-order valence-corrected chi connectivity index (χ0v) is 19.6. The number of hydrogen-bond donors (Lipinski definition) is 0. The van der Waals surface area contributed by atoms with Crippen molar-refractivity contribution in [3.05, 3.63) is 57.4 Å². The number of nitrogens with zero attached hydrogens (tertiary/aromatic N) is 6. The maximum absolute atomic E-state index is 13.8. The molecule has 0 aliphatic carbocycles. The number of aryl methyl sites for hydroxylation is 2. The topological polar surface area (TPSA) is 68.3 Å². The molecule has 0 atom stereocenters. The quantitative estimate of drug-likeness (QED) is 0.369. The maximum Gasteiger partial charge on any atom is 0.433 e. The van der Waals surface area contributed by atoms with Crippen molar-refractivity contribution in [3.63, 3.8) is 0 Å². The normalized spacial score (nSPS) is 12.0. The minimum atomic E-state index is -4.68. The lowest BCUT2D eigenvalue weighted by atomic mass is 10.2. The lowest BCUT2D eigenvalue weighted by molar-refractivity contribution is -0.142. The molecule has 7 nitrogen and oxygen atoms in total. The van der Waals surface area contributed by atoms with Crippen LogP contribution in [0.4, 0.5) is 13.2 Å². The molecule has 174 valence electrons. The fourth-order valence-corrected chi connectivity index (χ4v) is 4.43. The first-order valence-electron chi connectivity index (χ1n) is 10.1. The highest BCUT2D eigenvalue weighted by Crippen LogP contribution is 2.34. The number of aromatic nitrogens is 5. The summed E-state index contributed by atoms with van der Waals surface area (Å²) in [6.45, 7) is 4.57. The van der Waals surface area contributed by atoms with E-state index in [9.17, 15) is 18.0 Å². The predicted molar refractivity (Wildman–Crippen MR) is 119 cm³/mol. The summed E-state index contributed by atoms with van der Waals surface area (Å²) in [7, 11) is 1.51. The first-order valence-corrected chi connectivity index (χ1v) is 11.3. The average Bonchev–Trinajstić information content (AvgIpc) is 3.49. The fraction of sp³-hybridized carbons (Fsp3) is 0.333. The second-order valence-corrected chi connectivity index (χ2v) is 8.96. The molecule has 4 heterocycles. The molecular formula is C21H20ClF3N6OS. The summed E-state index contributed by atoms with van der Waals surface area (Å²) in [6, 6.07) is 5.83. The largest absolute Gasteiger partial charge is 0.433 e. The van der Waals surface area contributed by atoms with E-state index in [2.05, 4.69) is 15.2 Å². The zero-order valence-electron chi connectivity index (χ0n) is 18.0. The van der Waals surface area contributed by atoms with Crippen molar-refractivity contribution in [3.8, 4) is 10.6 Å². The summed E-state index contributed by atoms with van der Waals surface area (Å²) < 4.78 is 43.7. The number of carbonyl (C=O) groups is 1. The van der Waals surface area contributed by atoms with Gasteiger partial charge in [-0.05, 0) is 31.5 Å². The van der Waals surface area contributed by atoms with E-state index in [-0.39, 0.29) is 23.6 Å². The molecule has 0 unspecified atom stereocenters. The minimum absolute atomic E-state index is 0.0590. The molecule has 0 bridgehead atoms. The van der Waals surface area contributed by atoms with Crippen LogP contribution < -0.4 is 0 Å². The molecule has 12 heteroatoms. The molecule has 0 saturated heterocycles. The number of alkyl halides is 3. The first-order chi connectivity index (χ1) is 15.6. The highest BCUT2D eigenvalue weighted by Gasteiger charge is 2.36. The molecule has 0 fully saturated rings. The van der Waals surface area contributed by atoms with Crippen LogP contribution in [0.1, 0.15) is 40.6 Å². The van der Waals surface area contributed by atoms with Crippen LogP contribution in [0.5, 0.6) is 0 Å². The SMILES string of the molecule is CCc1ccc(-c2cc(C(F)(F)F)n3nc(C(=O)N(C)Cc4nn(CC)cc4Cl)cc3n2)s1. The van der Waals surface area contributed by atoms with E-state index in [0.717, 1.165) is 17.4 Å². The van der Waals surface area contributed by atoms with Crippen molar-refractivity contribution in [1.29, 1.82) is 0 Å². The van der Waals surface area contributed by atoms with Crippen molar-refractivity contribution in [2.24, 2.45) is 0 Å². The van der Waals surface area contributed by atoms with Crippen LogP contribution in [-0.4, -0.2) is 42.2 Å². The Morgan fingerprint density at radius 3 is 2.58 bits per heavy atom.